The first kappa shape index (κ1) is 12.4. The summed E-state index contributed by atoms with van der Waals surface area (Å²) in [6.45, 7) is 2.14. The minimum atomic E-state index is -0.960. The number of nitrogens with zero attached hydrogens (tertiary/aromatic N) is 1. The fourth-order valence-electron chi connectivity index (χ4n) is 1.38. The number of hydrogen-bond donors (Lipinski definition) is 3. The van der Waals surface area contributed by atoms with Crippen molar-refractivity contribution in [3.05, 3.63) is 28.5 Å². The lowest BCUT2D eigenvalue weighted by atomic mass is 10.00. The van der Waals surface area contributed by atoms with Crippen molar-refractivity contribution in [2.24, 2.45) is 5.73 Å². The Morgan fingerprint density at radius 2 is 2.20 bits per heavy atom. The molecule has 2 atom stereocenters. The van der Waals surface area contributed by atoms with E-state index in [0.717, 1.165) is 5.56 Å². The highest BCUT2D eigenvalue weighted by molar-refractivity contribution is 6.29. The molecular formula is C10H15ClN2O2. The summed E-state index contributed by atoms with van der Waals surface area (Å²) >= 11 is 5.69. The average Bonchev–Trinajstić information content (AvgIpc) is 2.17. The van der Waals surface area contributed by atoms with E-state index in [-0.39, 0.29) is 0 Å². The lowest BCUT2D eigenvalue weighted by Crippen LogP contribution is -2.22. The highest BCUT2D eigenvalue weighted by atomic mass is 35.5. The molecule has 5 heteroatoms. The monoisotopic (exact) mass is 230 g/mol. The Bertz CT molecular complexity index is 333. The first-order valence-electron chi connectivity index (χ1n) is 4.74. The van der Waals surface area contributed by atoms with E-state index in [1.807, 2.05) is 0 Å². The maximum atomic E-state index is 9.80. The van der Waals surface area contributed by atoms with Gasteiger partial charge < -0.3 is 15.9 Å². The zero-order valence-electron chi connectivity index (χ0n) is 8.52. The van der Waals surface area contributed by atoms with Gasteiger partial charge in [0.15, 0.2) is 0 Å². The van der Waals surface area contributed by atoms with Crippen molar-refractivity contribution in [2.45, 2.75) is 25.6 Å². The van der Waals surface area contributed by atoms with Gasteiger partial charge in [0, 0.05) is 11.8 Å². The number of nitrogens with two attached hydrogens (primary N) is 1. The summed E-state index contributed by atoms with van der Waals surface area (Å²) in [6.07, 6.45) is 0.000625. The van der Waals surface area contributed by atoms with E-state index in [9.17, 15) is 10.2 Å². The zero-order chi connectivity index (χ0) is 11.4. The van der Waals surface area contributed by atoms with Crippen molar-refractivity contribution in [3.8, 4) is 0 Å². The minimum absolute atomic E-state index is 0.332. The van der Waals surface area contributed by atoms with Crippen LogP contribution in [0.4, 0.5) is 0 Å². The van der Waals surface area contributed by atoms with E-state index in [1.165, 1.54) is 6.20 Å². The van der Waals surface area contributed by atoms with Crippen molar-refractivity contribution in [2.75, 3.05) is 6.54 Å². The summed E-state index contributed by atoms with van der Waals surface area (Å²) < 4.78 is 0. The third kappa shape index (κ3) is 3.14. The normalized spacial score (nSPS) is 15.0. The zero-order valence-corrected chi connectivity index (χ0v) is 9.28. The smallest absolute Gasteiger partial charge is 0.129 e. The SMILES string of the molecule is Cc1cc(Cl)ncc1C(O)C(O)CCN. The molecule has 1 rings (SSSR count). The highest BCUT2D eigenvalue weighted by Gasteiger charge is 2.19. The average molecular weight is 231 g/mol. The number of aromatic nitrogens is 1. The van der Waals surface area contributed by atoms with E-state index in [1.54, 1.807) is 13.0 Å². The van der Waals surface area contributed by atoms with Gasteiger partial charge in [0.1, 0.15) is 11.3 Å². The lowest BCUT2D eigenvalue weighted by Gasteiger charge is -2.18. The molecule has 0 aliphatic rings. The summed E-state index contributed by atoms with van der Waals surface area (Å²) in [5.41, 5.74) is 6.69. The molecule has 0 spiro atoms. The number of hydrogen-bond acceptors (Lipinski definition) is 4. The molecule has 0 bridgehead atoms. The van der Waals surface area contributed by atoms with Gasteiger partial charge in [-0.1, -0.05) is 11.6 Å². The van der Waals surface area contributed by atoms with Gasteiger partial charge in [-0.2, -0.15) is 0 Å². The first-order chi connectivity index (χ1) is 7.06. The van der Waals surface area contributed by atoms with Crippen LogP contribution in [0.3, 0.4) is 0 Å². The summed E-state index contributed by atoms with van der Waals surface area (Å²) in [5.74, 6) is 0. The van der Waals surface area contributed by atoms with Crippen LogP contribution in [0.25, 0.3) is 0 Å². The summed E-state index contributed by atoms with van der Waals surface area (Å²) in [7, 11) is 0. The molecule has 84 valence electrons. The fourth-order valence-corrected chi connectivity index (χ4v) is 1.59. The summed E-state index contributed by atoms with van der Waals surface area (Å²) in [6, 6.07) is 1.65. The second-order valence-corrected chi connectivity index (χ2v) is 3.84. The first-order valence-corrected chi connectivity index (χ1v) is 5.12. The molecule has 1 heterocycles. The van der Waals surface area contributed by atoms with Crippen LogP contribution in [0.2, 0.25) is 5.15 Å². The Morgan fingerprint density at radius 1 is 1.53 bits per heavy atom. The Kier molecular flexibility index (Phi) is 4.47. The van der Waals surface area contributed by atoms with Crippen LogP contribution in [-0.4, -0.2) is 27.8 Å². The summed E-state index contributed by atoms with van der Waals surface area (Å²) in [5, 5.41) is 19.7. The van der Waals surface area contributed by atoms with E-state index in [2.05, 4.69) is 4.98 Å². The van der Waals surface area contributed by atoms with Gasteiger partial charge in [-0.05, 0) is 31.5 Å². The van der Waals surface area contributed by atoms with E-state index < -0.39 is 12.2 Å². The van der Waals surface area contributed by atoms with Crippen molar-refractivity contribution in [1.82, 2.24) is 4.98 Å². The molecule has 2 unspecified atom stereocenters. The largest absolute Gasteiger partial charge is 0.390 e. The van der Waals surface area contributed by atoms with Crippen LogP contribution in [-0.2, 0) is 0 Å². The second kappa shape index (κ2) is 5.42. The maximum absolute atomic E-state index is 9.80. The van der Waals surface area contributed by atoms with Crippen LogP contribution in [0.1, 0.15) is 23.7 Å². The van der Waals surface area contributed by atoms with Crippen LogP contribution in [0.15, 0.2) is 12.3 Å². The van der Waals surface area contributed by atoms with Crippen LogP contribution in [0, 0.1) is 6.92 Å². The Balaban J connectivity index is 2.86. The van der Waals surface area contributed by atoms with Crippen LogP contribution >= 0.6 is 11.6 Å². The van der Waals surface area contributed by atoms with E-state index in [4.69, 9.17) is 17.3 Å². The number of aliphatic hydroxyl groups is 2. The number of aryl methyl sites for hydroxylation is 1. The predicted octanol–water partition coefficient (Wildman–Crippen LogP) is 0.787. The van der Waals surface area contributed by atoms with Gasteiger partial charge in [0.2, 0.25) is 0 Å². The van der Waals surface area contributed by atoms with Gasteiger partial charge in [0.25, 0.3) is 0 Å². The minimum Gasteiger partial charge on any atom is -0.390 e. The molecule has 1 aromatic heterocycles. The van der Waals surface area contributed by atoms with E-state index >= 15 is 0 Å². The summed E-state index contributed by atoms with van der Waals surface area (Å²) in [4.78, 5) is 3.87. The molecule has 0 saturated heterocycles. The second-order valence-electron chi connectivity index (χ2n) is 3.45. The van der Waals surface area contributed by atoms with Gasteiger partial charge in [-0.25, -0.2) is 4.98 Å². The van der Waals surface area contributed by atoms with Gasteiger partial charge in [-0.15, -0.1) is 0 Å². The third-order valence-corrected chi connectivity index (χ3v) is 2.47. The lowest BCUT2D eigenvalue weighted by molar-refractivity contribution is 0.0144. The van der Waals surface area contributed by atoms with Crippen molar-refractivity contribution < 1.29 is 10.2 Å². The van der Waals surface area contributed by atoms with Gasteiger partial charge in [0.05, 0.1) is 6.10 Å². The Labute approximate surface area is 93.7 Å². The quantitative estimate of drug-likeness (QED) is 0.668. The number of aliphatic hydroxyl groups excluding tert-OH is 2. The van der Waals surface area contributed by atoms with Crippen LogP contribution < -0.4 is 5.73 Å². The molecule has 0 aliphatic heterocycles. The predicted molar refractivity (Wildman–Crippen MR) is 58.6 cm³/mol. The third-order valence-electron chi connectivity index (χ3n) is 2.26. The van der Waals surface area contributed by atoms with Gasteiger partial charge in [-0.3, -0.25) is 0 Å². The molecule has 15 heavy (non-hydrogen) atoms. The highest BCUT2D eigenvalue weighted by Crippen LogP contribution is 2.22. The Hall–Kier alpha value is -0.680. The molecule has 0 aliphatic carbocycles. The molecule has 4 N–H and O–H groups in total. The van der Waals surface area contributed by atoms with Crippen molar-refractivity contribution >= 4 is 11.6 Å². The van der Waals surface area contributed by atoms with Crippen molar-refractivity contribution in [1.29, 1.82) is 0 Å². The standard InChI is InChI=1S/C10H15ClN2O2/c1-6-4-9(11)13-5-7(6)10(15)8(14)2-3-12/h4-5,8,10,14-15H,2-3,12H2,1H3. The molecule has 1 aromatic rings. The number of rotatable bonds is 4. The Morgan fingerprint density at radius 3 is 2.73 bits per heavy atom. The number of pyridine rings is 1. The molecule has 0 amide bonds. The molecular weight excluding hydrogens is 216 g/mol. The van der Waals surface area contributed by atoms with Gasteiger partial charge >= 0.3 is 0 Å². The van der Waals surface area contributed by atoms with Crippen LogP contribution in [0.5, 0.6) is 0 Å². The molecule has 0 radical (unpaired) electrons. The topological polar surface area (TPSA) is 79.4 Å². The molecule has 0 saturated carbocycles. The van der Waals surface area contributed by atoms with E-state index in [0.29, 0.717) is 23.7 Å². The molecule has 0 fully saturated rings. The van der Waals surface area contributed by atoms with Crippen molar-refractivity contribution in [3.63, 3.8) is 0 Å². The maximum Gasteiger partial charge on any atom is 0.129 e. The molecule has 0 aromatic carbocycles. The fraction of sp³-hybridized carbons (Fsp3) is 0.500. The number of halogens is 1. The molecule has 4 nitrogen and oxygen atoms in total.